The number of ether oxygens (including phenoxy) is 3. The molecule has 0 aliphatic heterocycles. The third kappa shape index (κ3) is 7.25. The van der Waals surface area contributed by atoms with Gasteiger partial charge in [0.05, 0.1) is 32.3 Å². The first kappa shape index (κ1) is 30.1. The molecule has 0 bridgehead atoms. The smallest absolute Gasteiger partial charge is 0.277 e. The number of amides is 1. The number of hydrogen-bond acceptors (Lipinski definition) is 6. The average molecular weight is 826 g/mol. The molecule has 0 radical (unpaired) electrons. The molecule has 4 rings (SSSR count). The van der Waals surface area contributed by atoms with Crippen molar-refractivity contribution in [3.05, 3.63) is 87.7 Å². The van der Waals surface area contributed by atoms with E-state index in [1.54, 1.807) is 24.4 Å². The molecule has 1 heterocycles. The van der Waals surface area contributed by atoms with Crippen molar-refractivity contribution in [3.63, 3.8) is 0 Å². The maximum absolute atomic E-state index is 12.4. The molecule has 4 aromatic rings. The number of methoxy groups -OCH3 is 1. The molecular formula is C26H17Br4Cl2N3O4. The number of halogens is 6. The highest BCUT2D eigenvalue weighted by atomic mass is 79.9. The molecule has 0 aliphatic rings. The second kappa shape index (κ2) is 13.6. The van der Waals surface area contributed by atoms with E-state index in [4.69, 9.17) is 37.4 Å². The van der Waals surface area contributed by atoms with E-state index in [1.165, 1.54) is 13.3 Å². The first-order valence-electron chi connectivity index (χ1n) is 11.0. The lowest BCUT2D eigenvalue weighted by molar-refractivity contribution is -0.123. The SMILES string of the molecule is COc1cc(/C=N/NC(=O)COc2c(Br)cc(Br)c3cccnc23)c(Br)c(Br)c1OCc1ccc(Cl)c(Cl)c1. The van der Waals surface area contributed by atoms with Gasteiger partial charge in [-0.2, -0.15) is 5.10 Å². The molecule has 7 nitrogen and oxygen atoms in total. The minimum atomic E-state index is -0.450. The number of carbonyl (C=O) groups excluding carboxylic acids is 1. The van der Waals surface area contributed by atoms with Crippen molar-refractivity contribution >= 4 is 110 Å². The maximum Gasteiger partial charge on any atom is 0.277 e. The van der Waals surface area contributed by atoms with Crippen molar-refractivity contribution in [2.45, 2.75) is 6.61 Å². The number of aromatic nitrogens is 1. The van der Waals surface area contributed by atoms with E-state index in [0.29, 0.717) is 51.8 Å². The number of pyridine rings is 1. The summed E-state index contributed by atoms with van der Waals surface area (Å²) in [5.41, 5.74) is 4.56. The Bertz CT molecular complexity index is 1590. The van der Waals surface area contributed by atoms with E-state index in [0.717, 1.165) is 15.4 Å². The third-order valence-electron chi connectivity index (χ3n) is 5.23. The third-order valence-corrected chi connectivity index (χ3v) is 9.36. The van der Waals surface area contributed by atoms with E-state index in [2.05, 4.69) is 79.2 Å². The molecular weight excluding hydrogens is 809 g/mol. The van der Waals surface area contributed by atoms with Gasteiger partial charge in [-0.05, 0) is 83.7 Å². The minimum Gasteiger partial charge on any atom is -0.493 e. The summed E-state index contributed by atoms with van der Waals surface area (Å²) in [5, 5.41) is 5.83. The van der Waals surface area contributed by atoms with Crippen LogP contribution in [0.25, 0.3) is 10.9 Å². The predicted octanol–water partition coefficient (Wildman–Crippen LogP) is 8.71. The standard InChI is InChI=1S/C26H17Br4Cl2N3O4/c1-37-20-8-14(22(29)23(30)26(20)38-11-13-4-5-18(31)19(32)7-13)10-34-35-21(36)12-39-25-17(28)9-16(27)15-3-2-6-33-24(15)25/h2-10H,11-12H2,1H3,(H,35,36)/b34-10+. The number of fused-ring (bicyclic) bond motifs is 1. The molecule has 0 unspecified atom stereocenters. The van der Waals surface area contributed by atoms with Gasteiger partial charge in [0.15, 0.2) is 23.9 Å². The maximum atomic E-state index is 12.4. The van der Waals surface area contributed by atoms with Gasteiger partial charge in [-0.1, -0.05) is 51.3 Å². The molecule has 0 aliphatic carbocycles. The molecule has 3 aromatic carbocycles. The Hall–Kier alpha value is -1.89. The Balaban J connectivity index is 1.42. The Morgan fingerprint density at radius 1 is 1.00 bits per heavy atom. The lowest BCUT2D eigenvalue weighted by Gasteiger charge is -2.15. The summed E-state index contributed by atoms with van der Waals surface area (Å²) in [6.45, 7) is -0.0278. The first-order valence-corrected chi connectivity index (χ1v) is 14.9. The van der Waals surface area contributed by atoms with Crippen molar-refractivity contribution < 1.29 is 19.0 Å². The van der Waals surface area contributed by atoms with Crippen LogP contribution in [0.3, 0.4) is 0 Å². The van der Waals surface area contributed by atoms with E-state index in [9.17, 15) is 4.79 Å². The van der Waals surface area contributed by atoms with Gasteiger partial charge < -0.3 is 14.2 Å². The summed E-state index contributed by atoms with van der Waals surface area (Å²) in [4.78, 5) is 16.8. The highest BCUT2D eigenvalue weighted by Crippen LogP contribution is 2.43. The monoisotopic (exact) mass is 821 g/mol. The highest BCUT2D eigenvalue weighted by Gasteiger charge is 2.17. The van der Waals surface area contributed by atoms with Crippen molar-refractivity contribution in [2.75, 3.05) is 13.7 Å². The van der Waals surface area contributed by atoms with Crippen molar-refractivity contribution in [2.24, 2.45) is 5.10 Å². The van der Waals surface area contributed by atoms with Crippen LogP contribution in [0.4, 0.5) is 0 Å². The van der Waals surface area contributed by atoms with Crippen LogP contribution in [0.1, 0.15) is 11.1 Å². The zero-order valence-electron chi connectivity index (χ0n) is 19.9. The molecule has 39 heavy (non-hydrogen) atoms. The van der Waals surface area contributed by atoms with Gasteiger partial charge in [0.2, 0.25) is 0 Å². The van der Waals surface area contributed by atoms with Crippen LogP contribution in [0, 0.1) is 0 Å². The number of hydrazone groups is 1. The summed E-state index contributed by atoms with van der Waals surface area (Å²) in [6, 6.07) is 12.6. The normalized spacial score (nSPS) is 11.2. The minimum absolute atomic E-state index is 0.237. The van der Waals surface area contributed by atoms with Crippen LogP contribution in [-0.4, -0.2) is 30.8 Å². The number of carbonyl (C=O) groups is 1. The second-order valence-corrected chi connectivity index (χ2v) is 11.9. The van der Waals surface area contributed by atoms with Gasteiger partial charge in [0.25, 0.3) is 5.91 Å². The van der Waals surface area contributed by atoms with Crippen molar-refractivity contribution in [3.8, 4) is 17.2 Å². The molecule has 0 atom stereocenters. The van der Waals surface area contributed by atoms with Crippen LogP contribution in [-0.2, 0) is 11.4 Å². The summed E-state index contributed by atoms with van der Waals surface area (Å²) >= 11 is 26.2. The highest BCUT2D eigenvalue weighted by molar-refractivity contribution is 9.13. The molecule has 0 spiro atoms. The van der Waals surface area contributed by atoms with Gasteiger partial charge in [-0.3, -0.25) is 9.78 Å². The number of benzene rings is 3. The van der Waals surface area contributed by atoms with Crippen LogP contribution < -0.4 is 19.6 Å². The predicted molar refractivity (Wildman–Crippen MR) is 168 cm³/mol. The van der Waals surface area contributed by atoms with Crippen LogP contribution in [0.5, 0.6) is 17.2 Å². The van der Waals surface area contributed by atoms with Gasteiger partial charge in [0, 0.05) is 26.1 Å². The first-order chi connectivity index (χ1) is 18.7. The largest absolute Gasteiger partial charge is 0.493 e. The Labute approximate surface area is 267 Å². The van der Waals surface area contributed by atoms with Gasteiger partial charge in [0.1, 0.15) is 12.1 Å². The van der Waals surface area contributed by atoms with E-state index in [-0.39, 0.29) is 13.2 Å². The molecule has 1 aromatic heterocycles. The summed E-state index contributed by atoms with van der Waals surface area (Å²) in [6.07, 6.45) is 3.14. The number of rotatable bonds is 9. The quantitative estimate of drug-likeness (QED) is 0.135. The number of nitrogens with one attached hydrogen (secondary N) is 1. The molecule has 0 saturated heterocycles. The lowest BCUT2D eigenvalue weighted by Crippen LogP contribution is -2.24. The Morgan fingerprint density at radius 2 is 1.79 bits per heavy atom. The topological polar surface area (TPSA) is 82.0 Å². The van der Waals surface area contributed by atoms with Gasteiger partial charge in [-0.25, -0.2) is 5.43 Å². The summed E-state index contributed by atoms with van der Waals surface area (Å²) < 4.78 is 20.1. The van der Waals surface area contributed by atoms with Crippen LogP contribution in [0.2, 0.25) is 10.0 Å². The van der Waals surface area contributed by atoms with E-state index in [1.807, 2.05) is 24.3 Å². The average Bonchev–Trinajstić information content (AvgIpc) is 2.92. The fraction of sp³-hybridized carbons (Fsp3) is 0.115. The van der Waals surface area contributed by atoms with Crippen molar-refractivity contribution in [1.82, 2.24) is 10.4 Å². The van der Waals surface area contributed by atoms with Crippen LogP contribution in [0.15, 0.2) is 71.7 Å². The second-order valence-electron chi connectivity index (χ2n) is 7.81. The summed E-state index contributed by atoms with van der Waals surface area (Å²) in [7, 11) is 1.53. The van der Waals surface area contributed by atoms with E-state index < -0.39 is 5.91 Å². The Morgan fingerprint density at radius 3 is 2.54 bits per heavy atom. The van der Waals surface area contributed by atoms with Crippen LogP contribution >= 0.6 is 86.9 Å². The van der Waals surface area contributed by atoms with Gasteiger partial charge >= 0.3 is 0 Å². The fourth-order valence-electron chi connectivity index (χ4n) is 3.40. The van der Waals surface area contributed by atoms with E-state index >= 15 is 0 Å². The number of hydrogen-bond donors (Lipinski definition) is 1. The molecule has 0 fully saturated rings. The molecule has 13 heteroatoms. The summed E-state index contributed by atoms with van der Waals surface area (Å²) in [5.74, 6) is 0.946. The van der Waals surface area contributed by atoms with Gasteiger partial charge in [-0.15, -0.1) is 0 Å². The Kier molecular flexibility index (Phi) is 10.5. The zero-order chi connectivity index (χ0) is 28.1. The molecule has 202 valence electrons. The zero-order valence-corrected chi connectivity index (χ0v) is 27.8. The molecule has 0 saturated carbocycles. The molecule has 1 N–H and O–H groups in total. The number of nitrogens with zero attached hydrogens (tertiary/aromatic N) is 2. The fourth-order valence-corrected chi connectivity index (χ4v) is 6.04. The van der Waals surface area contributed by atoms with Crippen molar-refractivity contribution in [1.29, 1.82) is 0 Å². The molecule has 1 amide bonds. The lowest BCUT2D eigenvalue weighted by atomic mass is 10.2.